The number of hydrogen-bond acceptors (Lipinski definition) is 1. The molecule has 0 saturated heterocycles. The monoisotopic (exact) mass is 174 g/mol. The normalized spacial score (nSPS) is 16.7. The van der Waals surface area contributed by atoms with Crippen LogP contribution in [-0.2, 0) is 0 Å². The lowest BCUT2D eigenvalue weighted by Gasteiger charge is -2.13. The Hall–Kier alpha value is -1.31. The van der Waals surface area contributed by atoms with Gasteiger partial charge >= 0.3 is 0 Å². The van der Waals surface area contributed by atoms with Crippen LogP contribution in [0.2, 0.25) is 0 Å². The molecule has 1 aromatic rings. The van der Waals surface area contributed by atoms with E-state index in [4.69, 9.17) is 0 Å². The van der Waals surface area contributed by atoms with Gasteiger partial charge in [0.25, 0.3) is 0 Å². The van der Waals surface area contributed by atoms with E-state index in [1.54, 1.807) is 5.57 Å². The van der Waals surface area contributed by atoms with E-state index in [0.29, 0.717) is 0 Å². The van der Waals surface area contributed by atoms with E-state index >= 15 is 0 Å². The third kappa shape index (κ3) is 1.72. The van der Waals surface area contributed by atoms with Gasteiger partial charge in [-0.2, -0.15) is 0 Å². The molecule has 0 aliphatic heterocycles. The Balaban J connectivity index is 2.20. The first-order valence-electron chi connectivity index (χ1n) is 4.77. The van der Waals surface area contributed by atoms with E-state index < -0.39 is 0 Å². The van der Waals surface area contributed by atoms with Crippen molar-refractivity contribution >= 4 is 5.70 Å². The third-order valence-corrected chi connectivity index (χ3v) is 2.50. The highest BCUT2D eigenvalue weighted by Gasteiger charge is 2.05. The first-order chi connectivity index (χ1) is 6.40. The van der Waals surface area contributed by atoms with Crippen LogP contribution in [0.15, 0.2) is 36.4 Å². The van der Waals surface area contributed by atoms with Crippen molar-refractivity contribution in [2.24, 2.45) is 0 Å². The molecule has 0 atom stereocenters. The van der Waals surface area contributed by atoms with E-state index in [1.807, 2.05) is 18.7 Å². The maximum Gasteiger partial charge on any atom is 0.0989 e. The van der Waals surface area contributed by atoms with Crippen LogP contribution in [0.3, 0.4) is 0 Å². The highest BCUT2D eigenvalue weighted by Crippen LogP contribution is 2.23. The lowest BCUT2D eigenvalue weighted by Crippen LogP contribution is -1.98. The van der Waals surface area contributed by atoms with Crippen molar-refractivity contribution in [3.8, 4) is 0 Å². The average Bonchev–Trinajstić information content (AvgIpc) is 2.71. The first kappa shape index (κ1) is 8.30. The molecule has 68 valence electrons. The van der Waals surface area contributed by atoms with E-state index in [1.165, 1.54) is 18.5 Å². The topological polar surface area (TPSA) is 17.8 Å². The molecule has 0 saturated carbocycles. The van der Waals surface area contributed by atoms with E-state index in [-0.39, 0.29) is 0 Å². The summed E-state index contributed by atoms with van der Waals surface area (Å²) in [5.41, 5.74) is 2.89. The van der Waals surface area contributed by atoms with Crippen LogP contribution in [0.1, 0.15) is 26.2 Å². The summed E-state index contributed by atoms with van der Waals surface area (Å²) >= 11 is 0. The Kier molecular flexibility index (Phi) is 2.30. The SMILES string of the molecule is CCC1=CC=C(n2ccnc2)CC1. The van der Waals surface area contributed by atoms with Crippen LogP contribution in [0.5, 0.6) is 0 Å². The second-order valence-electron chi connectivity index (χ2n) is 3.31. The molecule has 2 nitrogen and oxygen atoms in total. The molecule has 0 fully saturated rings. The molecule has 0 N–H and O–H groups in total. The molecule has 0 radical (unpaired) electrons. The molecule has 13 heavy (non-hydrogen) atoms. The van der Waals surface area contributed by atoms with Crippen LogP contribution in [0, 0.1) is 0 Å². The highest BCUT2D eigenvalue weighted by atomic mass is 15.0. The molecule has 1 aliphatic rings. The fourth-order valence-corrected chi connectivity index (χ4v) is 1.61. The van der Waals surface area contributed by atoms with Crippen molar-refractivity contribution in [2.75, 3.05) is 0 Å². The summed E-state index contributed by atoms with van der Waals surface area (Å²) in [4.78, 5) is 4.04. The van der Waals surface area contributed by atoms with Crippen molar-refractivity contribution in [3.63, 3.8) is 0 Å². The van der Waals surface area contributed by atoms with Crippen LogP contribution >= 0.6 is 0 Å². The zero-order chi connectivity index (χ0) is 9.10. The summed E-state index contributed by atoms with van der Waals surface area (Å²) in [6, 6.07) is 0. The maximum absolute atomic E-state index is 4.04. The van der Waals surface area contributed by atoms with Gasteiger partial charge < -0.3 is 4.57 Å². The minimum absolute atomic E-state index is 1.13. The van der Waals surface area contributed by atoms with E-state index in [2.05, 4.69) is 28.6 Å². The van der Waals surface area contributed by atoms with Crippen molar-refractivity contribution in [2.45, 2.75) is 26.2 Å². The van der Waals surface area contributed by atoms with E-state index in [9.17, 15) is 0 Å². The molecule has 1 aliphatic carbocycles. The number of aromatic nitrogens is 2. The van der Waals surface area contributed by atoms with Crippen LogP contribution < -0.4 is 0 Å². The zero-order valence-corrected chi connectivity index (χ0v) is 7.90. The molecule has 0 bridgehead atoms. The summed E-state index contributed by atoms with van der Waals surface area (Å²) < 4.78 is 2.09. The highest BCUT2D eigenvalue weighted by molar-refractivity contribution is 5.51. The summed E-state index contributed by atoms with van der Waals surface area (Å²) in [7, 11) is 0. The average molecular weight is 174 g/mol. The second kappa shape index (κ2) is 3.60. The molecule has 0 amide bonds. The number of hydrogen-bond donors (Lipinski definition) is 0. The van der Waals surface area contributed by atoms with Crippen LogP contribution in [-0.4, -0.2) is 9.55 Å². The van der Waals surface area contributed by atoms with Crippen molar-refractivity contribution in [1.82, 2.24) is 9.55 Å². The smallest absolute Gasteiger partial charge is 0.0989 e. The minimum Gasteiger partial charge on any atom is -0.310 e. The van der Waals surface area contributed by atoms with E-state index in [0.717, 1.165) is 6.42 Å². The number of nitrogens with zero attached hydrogens (tertiary/aromatic N) is 2. The van der Waals surface area contributed by atoms with Crippen molar-refractivity contribution in [1.29, 1.82) is 0 Å². The summed E-state index contributed by atoms with van der Waals surface area (Å²) in [6.45, 7) is 2.21. The molecule has 0 aromatic carbocycles. The summed E-state index contributed by atoms with van der Waals surface area (Å²) in [6.07, 6.45) is 13.6. The number of imidazole rings is 1. The van der Waals surface area contributed by atoms with Crippen molar-refractivity contribution in [3.05, 3.63) is 36.4 Å². The Morgan fingerprint density at radius 2 is 2.31 bits per heavy atom. The molecule has 1 heterocycles. The Morgan fingerprint density at radius 3 is 2.85 bits per heavy atom. The fourth-order valence-electron chi connectivity index (χ4n) is 1.61. The molecule has 1 aromatic heterocycles. The minimum atomic E-state index is 1.13. The molecule has 0 spiro atoms. The van der Waals surface area contributed by atoms with Crippen LogP contribution in [0.25, 0.3) is 5.70 Å². The lowest BCUT2D eigenvalue weighted by molar-refractivity contribution is 0.861. The fraction of sp³-hybridized carbons (Fsp3) is 0.364. The van der Waals surface area contributed by atoms with Gasteiger partial charge in [-0.05, 0) is 25.3 Å². The maximum atomic E-state index is 4.04. The zero-order valence-electron chi connectivity index (χ0n) is 7.90. The molecule has 2 heteroatoms. The summed E-state index contributed by atoms with van der Waals surface area (Å²) in [5, 5.41) is 0. The number of allylic oxidation sites excluding steroid dienone is 4. The quantitative estimate of drug-likeness (QED) is 0.674. The van der Waals surface area contributed by atoms with Gasteiger partial charge in [-0.1, -0.05) is 18.6 Å². The largest absolute Gasteiger partial charge is 0.310 e. The standard InChI is InChI=1S/C11H14N2/c1-2-10-3-5-11(6-4-10)13-8-7-12-9-13/h3,5,7-9H,2,4,6H2,1H3. The second-order valence-corrected chi connectivity index (χ2v) is 3.31. The van der Waals surface area contributed by atoms with Gasteiger partial charge in [0.2, 0.25) is 0 Å². The molecule has 0 unspecified atom stereocenters. The number of rotatable bonds is 2. The Bertz CT molecular complexity index is 331. The Morgan fingerprint density at radius 1 is 1.38 bits per heavy atom. The van der Waals surface area contributed by atoms with Crippen molar-refractivity contribution < 1.29 is 0 Å². The van der Waals surface area contributed by atoms with Gasteiger partial charge in [0.1, 0.15) is 0 Å². The molecular weight excluding hydrogens is 160 g/mol. The Labute approximate surface area is 78.6 Å². The van der Waals surface area contributed by atoms with Gasteiger partial charge in [0.15, 0.2) is 0 Å². The third-order valence-electron chi connectivity index (χ3n) is 2.50. The van der Waals surface area contributed by atoms with Gasteiger partial charge in [-0.25, -0.2) is 4.98 Å². The lowest BCUT2D eigenvalue weighted by atomic mass is 10.0. The predicted molar refractivity (Wildman–Crippen MR) is 54.1 cm³/mol. The predicted octanol–water partition coefficient (Wildman–Crippen LogP) is 2.85. The van der Waals surface area contributed by atoms with Gasteiger partial charge in [-0.15, -0.1) is 0 Å². The van der Waals surface area contributed by atoms with Crippen LogP contribution in [0.4, 0.5) is 0 Å². The summed E-state index contributed by atoms with van der Waals surface area (Å²) in [5.74, 6) is 0. The van der Waals surface area contributed by atoms with Gasteiger partial charge in [0.05, 0.1) is 6.33 Å². The van der Waals surface area contributed by atoms with Gasteiger partial charge in [0, 0.05) is 18.1 Å². The van der Waals surface area contributed by atoms with Gasteiger partial charge in [-0.3, -0.25) is 0 Å². The first-order valence-corrected chi connectivity index (χ1v) is 4.77. The molecule has 2 rings (SSSR count). The molecular formula is C11H14N2.